The molecule has 8 heteroatoms. The van der Waals surface area contributed by atoms with E-state index in [-0.39, 0.29) is 6.03 Å². The fraction of sp³-hybridized carbons (Fsp3) is 0.188. The van der Waals surface area contributed by atoms with Crippen molar-refractivity contribution in [3.8, 4) is 34.0 Å². The number of carbonyl (C=O) groups is 1. The highest BCUT2D eigenvalue weighted by molar-refractivity contribution is 7.99. The average Bonchev–Trinajstić information content (AvgIpc) is 3.38. The summed E-state index contributed by atoms with van der Waals surface area (Å²) >= 11 is 1.62. The number of aromatic nitrogens is 2. The van der Waals surface area contributed by atoms with Gasteiger partial charge < -0.3 is 24.7 Å². The van der Waals surface area contributed by atoms with E-state index in [4.69, 9.17) is 14.5 Å². The first kappa shape index (κ1) is 27.1. The molecule has 7 nitrogen and oxygen atoms in total. The molecule has 204 valence electrons. The Balaban J connectivity index is 1.32. The SMILES string of the molecule is CCn1c(SCCNC(=O)Nc2cccc3ccccc23)nc(-c2ccc(OC)cc2)c1-c1ccc(OC)cc1. The highest BCUT2D eigenvalue weighted by Crippen LogP contribution is 2.37. The van der Waals surface area contributed by atoms with Gasteiger partial charge in [0.2, 0.25) is 0 Å². The van der Waals surface area contributed by atoms with Crippen LogP contribution in [0.15, 0.2) is 96.2 Å². The minimum Gasteiger partial charge on any atom is -0.497 e. The monoisotopic (exact) mass is 552 g/mol. The average molecular weight is 553 g/mol. The van der Waals surface area contributed by atoms with Gasteiger partial charge >= 0.3 is 6.03 Å². The maximum absolute atomic E-state index is 12.7. The lowest BCUT2D eigenvalue weighted by Gasteiger charge is -2.12. The second-order valence-electron chi connectivity index (χ2n) is 9.05. The minimum atomic E-state index is -0.228. The number of ether oxygens (including phenoxy) is 2. The molecule has 1 heterocycles. The van der Waals surface area contributed by atoms with Crippen LogP contribution in [0.4, 0.5) is 10.5 Å². The summed E-state index contributed by atoms with van der Waals surface area (Å²) in [5.74, 6) is 2.27. The molecule has 0 aliphatic carbocycles. The van der Waals surface area contributed by atoms with Crippen LogP contribution >= 0.6 is 11.8 Å². The summed E-state index contributed by atoms with van der Waals surface area (Å²) in [5, 5.41) is 8.95. The van der Waals surface area contributed by atoms with Crippen LogP contribution in [0.3, 0.4) is 0 Å². The van der Waals surface area contributed by atoms with Crippen LogP contribution < -0.4 is 20.1 Å². The van der Waals surface area contributed by atoms with Crippen molar-refractivity contribution in [2.75, 3.05) is 31.8 Å². The number of thioether (sulfide) groups is 1. The van der Waals surface area contributed by atoms with Gasteiger partial charge in [0.05, 0.1) is 31.3 Å². The molecule has 2 N–H and O–H groups in total. The molecule has 0 saturated heterocycles. The zero-order valence-corrected chi connectivity index (χ0v) is 23.6. The van der Waals surface area contributed by atoms with Crippen molar-refractivity contribution in [3.63, 3.8) is 0 Å². The van der Waals surface area contributed by atoms with Gasteiger partial charge in [-0.1, -0.05) is 48.2 Å². The highest BCUT2D eigenvalue weighted by atomic mass is 32.2. The van der Waals surface area contributed by atoms with E-state index < -0.39 is 0 Å². The molecule has 0 fully saturated rings. The smallest absolute Gasteiger partial charge is 0.319 e. The molecule has 0 aliphatic rings. The van der Waals surface area contributed by atoms with Crippen molar-refractivity contribution in [2.45, 2.75) is 18.6 Å². The molecule has 0 radical (unpaired) electrons. The molecule has 0 atom stereocenters. The van der Waals surface area contributed by atoms with Crippen LogP contribution in [-0.4, -0.2) is 42.1 Å². The Hall–Kier alpha value is -4.43. The Morgan fingerprint density at radius 3 is 2.17 bits per heavy atom. The Kier molecular flexibility index (Phi) is 8.56. The lowest BCUT2D eigenvalue weighted by Crippen LogP contribution is -2.30. The van der Waals surface area contributed by atoms with Gasteiger partial charge in [-0.3, -0.25) is 0 Å². The van der Waals surface area contributed by atoms with E-state index in [9.17, 15) is 4.79 Å². The number of carbonyl (C=O) groups excluding carboxylic acids is 1. The van der Waals surface area contributed by atoms with Gasteiger partial charge in [-0.2, -0.15) is 0 Å². The number of hydrogen-bond acceptors (Lipinski definition) is 5. The molecule has 5 rings (SSSR count). The van der Waals surface area contributed by atoms with Crippen LogP contribution in [0.1, 0.15) is 6.92 Å². The Morgan fingerprint density at radius 2 is 1.50 bits per heavy atom. The van der Waals surface area contributed by atoms with Crippen LogP contribution in [-0.2, 0) is 6.54 Å². The molecule has 4 aromatic carbocycles. The first-order valence-corrected chi connectivity index (χ1v) is 14.1. The van der Waals surface area contributed by atoms with Crippen molar-refractivity contribution in [3.05, 3.63) is 91.0 Å². The van der Waals surface area contributed by atoms with Gasteiger partial charge in [0.15, 0.2) is 5.16 Å². The van der Waals surface area contributed by atoms with E-state index in [1.165, 1.54) is 0 Å². The van der Waals surface area contributed by atoms with E-state index in [0.29, 0.717) is 12.3 Å². The summed E-state index contributed by atoms with van der Waals surface area (Å²) in [6, 6.07) is 29.7. The summed E-state index contributed by atoms with van der Waals surface area (Å²) in [6.45, 7) is 3.36. The molecule has 0 spiro atoms. The van der Waals surface area contributed by atoms with Crippen molar-refractivity contribution in [2.24, 2.45) is 0 Å². The van der Waals surface area contributed by atoms with E-state index >= 15 is 0 Å². The number of hydrogen-bond donors (Lipinski definition) is 2. The number of benzene rings is 4. The standard InChI is InChI=1S/C32H32N4O3S/c1-4-36-30(24-14-18-26(39-3)19-15-24)29(23-12-16-25(38-2)17-13-23)35-32(36)40-21-20-33-31(37)34-28-11-7-9-22-8-5-6-10-27(22)28/h5-19H,4,20-21H2,1-3H3,(H2,33,34,37). The van der Waals surface area contributed by atoms with Crippen LogP contribution in [0.2, 0.25) is 0 Å². The molecular weight excluding hydrogens is 520 g/mol. The number of nitrogens with one attached hydrogen (secondary N) is 2. The number of fused-ring (bicyclic) bond motifs is 1. The number of nitrogens with zero attached hydrogens (tertiary/aromatic N) is 2. The fourth-order valence-electron chi connectivity index (χ4n) is 4.64. The maximum Gasteiger partial charge on any atom is 0.319 e. The number of anilines is 1. The summed E-state index contributed by atoms with van der Waals surface area (Å²) in [7, 11) is 3.33. The van der Waals surface area contributed by atoms with E-state index in [2.05, 4.69) is 34.3 Å². The topological polar surface area (TPSA) is 77.4 Å². The number of imidazole rings is 1. The van der Waals surface area contributed by atoms with Gasteiger partial charge in [0.25, 0.3) is 0 Å². The van der Waals surface area contributed by atoms with Gasteiger partial charge in [-0.25, -0.2) is 9.78 Å². The van der Waals surface area contributed by atoms with E-state index in [1.54, 1.807) is 26.0 Å². The van der Waals surface area contributed by atoms with Gasteiger partial charge in [-0.15, -0.1) is 0 Å². The third-order valence-electron chi connectivity index (χ3n) is 6.63. The van der Waals surface area contributed by atoms with Crippen molar-refractivity contribution < 1.29 is 14.3 Å². The quantitative estimate of drug-likeness (QED) is 0.140. The van der Waals surface area contributed by atoms with E-state index in [1.807, 2.05) is 78.9 Å². The van der Waals surface area contributed by atoms with E-state index in [0.717, 1.165) is 62.2 Å². The second-order valence-corrected chi connectivity index (χ2v) is 10.1. The maximum atomic E-state index is 12.7. The molecule has 1 aromatic heterocycles. The predicted molar refractivity (Wildman–Crippen MR) is 164 cm³/mol. The van der Waals surface area contributed by atoms with Gasteiger partial charge in [-0.05, 0) is 66.9 Å². The Bertz CT molecular complexity index is 1590. The fourth-order valence-corrected chi connectivity index (χ4v) is 5.55. The lowest BCUT2D eigenvalue weighted by atomic mass is 10.0. The van der Waals surface area contributed by atoms with Crippen molar-refractivity contribution in [1.82, 2.24) is 14.9 Å². The van der Waals surface area contributed by atoms with Crippen LogP contribution in [0.25, 0.3) is 33.3 Å². The largest absolute Gasteiger partial charge is 0.497 e. The van der Waals surface area contributed by atoms with Crippen LogP contribution in [0.5, 0.6) is 11.5 Å². The number of rotatable bonds is 10. The highest BCUT2D eigenvalue weighted by Gasteiger charge is 2.20. The van der Waals surface area contributed by atoms with Crippen molar-refractivity contribution in [1.29, 1.82) is 0 Å². The zero-order valence-electron chi connectivity index (χ0n) is 22.8. The first-order chi connectivity index (χ1) is 19.6. The number of amides is 2. The molecule has 5 aromatic rings. The second kappa shape index (κ2) is 12.6. The summed E-state index contributed by atoms with van der Waals surface area (Å²) in [6.07, 6.45) is 0. The van der Waals surface area contributed by atoms with Gasteiger partial charge in [0, 0.05) is 35.4 Å². The molecule has 0 aliphatic heterocycles. The number of methoxy groups -OCH3 is 2. The predicted octanol–water partition coefficient (Wildman–Crippen LogP) is 7.32. The normalized spacial score (nSPS) is 10.9. The summed E-state index contributed by atoms with van der Waals surface area (Å²) in [5.41, 5.74) is 4.80. The third-order valence-corrected chi connectivity index (χ3v) is 7.61. The molecule has 0 unspecified atom stereocenters. The Morgan fingerprint density at radius 1 is 0.850 bits per heavy atom. The first-order valence-electron chi connectivity index (χ1n) is 13.2. The third kappa shape index (κ3) is 5.92. The van der Waals surface area contributed by atoms with Crippen molar-refractivity contribution >= 4 is 34.3 Å². The minimum absolute atomic E-state index is 0.228. The molecule has 2 amide bonds. The lowest BCUT2D eigenvalue weighted by molar-refractivity contribution is 0.252. The summed E-state index contributed by atoms with van der Waals surface area (Å²) < 4.78 is 13.0. The summed E-state index contributed by atoms with van der Waals surface area (Å²) in [4.78, 5) is 17.7. The van der Waals surface area contributed by atoms with Gasteiger partial charge in [0.1, 0.15) is 11.5 Å². The molecule has 0 bridgehead atoms. The molecular formula is C32H32N4O3S. The van der Waals surface area contributed by atoms with Crippen LogP contribution in [0, 0.1) is 0 Å². The molecule has 0 saturated carbocycles. The zero-order chi connectivity index (χ0) is 27.9. The Labute approximate surface area is 238 Å². The number of urea groups is 1. The molecule has 40 heavy (non-hydrogen) atoms.